The van der Waals surface area contributed by atoms with Crippen molar-refractivity contribution in [3.05, 3.63) is 72.6 Å². The standard InChI is InChI=1S/C19H16FN5O/c1-26-17-4-2-15(20)10-14(17)11-22-18-5-3-16(13-6-8-21-9-7-13)19-24-23-12-25(18)19/h2-10,12,22H,11H2,1H3. The Labute approximate surface area is 149 Å². The van der Waals surface area contributed by atoms with Crippen LogP contribution in [0.3, 0.4) is 0 Å². The fourth-order valence-corrected chi connectivity index (χ4v) is 2.88. The van der Waals surface area contributed by atoms with Gasteiger partial charge in [0.05, 0.1) is 7.11 Å². The Morgan fingerprint density at radius 3 is 2.77 bits per heavy atom. The molecule has 0 aliphatic carbocycles. The van der Waals surface area contributed by atoms with Crippen molar-refractivity contribution in [3.63, 3.8) is 0 Å². The molecule has 1 N–H and O–H groups in total. The Balaban J connectivity index is 1.67. The van der Waals surface area contributed by atoms with Gasteiger partial charge in [0.2, 0.25) is 0 Å². The van der Waals surface area contributed by atoms with Crippen LogP contribution in [-0.2, 0) is 6.54 Å². The van der Waals surface area contributed by atoms with Crippen LogP contribution in [0, 0.1) is 5.82 Å². The van der Waals surface area contributed by atoms with Gasteiger partial charge in [0, 0.05) is 30.1 Å². The summed E-state index contributed by atoms with van der Waals surface area (Å²) in [7, 11) is 1.57. The second kappa shape index (κ2) is 6.79. The van der Waals surface area contributed by atoms with Gasteiger partial charge >= 0.3 is 0 Å². The van der Waals surface area contributed by atoms with Gasteiger partial charge in [-0.25, -0.2) is 4.39 Å². The van der Waals surface area contributed by atoms with Crippen LogP contribution < -0.4 is 10.1 Å². The van der Waals surface area contributed by atoms with E-state index in [2.05, 4.69) is 20.5 Å². The molecule has 0 bridgehead atoms. The van der Waals surface area contributed by atoms with Crippen molar-refractivity contribution in [2.45, 2.75) is 6.54 Å². The zero-order valence-electron chi connectivity index (χ0n) is 14.1. The zero-order chi connectivity index (χ0) is 17.9. The molecule has 4 aromatic rings. The molecule has 0 fully saturated rings. The summed E-state index contributed by atoms with van der Waals surface area (Å²) in [5, 5.41) is 11.5. The number of nitrogens with zero attached hydrogens (tertiary/aromatic N) is 4. The van der Waals surface area contributed by atoms with E-state index in [1.54, 1.807) is 31.9 Å². The van der Waals surface area contributed by atoms with E-state index in [9.17, 15) is 4.39 Å². The molecule has 0 radical (unpaired) electrons. The summed E-state index contributed by atoms with van der Waals surface area (Å²) in [4.78, 5) is 4.04. The molecule has 0 unspecified atom stereocenters. The first-order valence-corrected chi connectivity index (χ1v) is 8.05. The lowest BCUT2D eigenvalue weighted by atomic mass is 10.1. The molecule has 0 saturated carbocycles. The molecule has 0 aliphatic heterocycles. The van der Waals surface area contributed by atoms with Gasteiger partial charge < -0.3 is 10.1 Å². The largest absolute Gasteiger partial charge is 0.496 e. The number of rotatable bonds is 5. The summed E-state index contributed by atoms with van der Waals surface area (Å²) in [5.41, 5.74) is 3.43. The molecule has 6 nitrogen and oxygen atoms in total. The fourth-order valence-electron chi connectivity index (χ4n) is 2.88. The topological polar surface area (TPSA) is 64.3 Å². The van der Waals surface area contributed by atoms with Crippen LogP contribution in [0.4, 0.5) is 10.2 Å². The molecule has 7 heteroatoms. The molecular formula is C19H16FN5O. The molecule has 0 amide bonds. The highest BCUT2D eigenvalue weighted by atomic mass is 19.1. The van der Waals surface area contributed by atoms with Crippen LogP contribution in [0.5, 0.6) is 5.75 Å². The highest BCUT2D eigenvalue weighted by molar-refractivity contribution is 5.78. The monoisotopic (exact) mass is 349 g/mol. The highest BCUT2D eigenvalue weighted by Gasteiger charge is 2.11. The van der Waals surface area contributed by atoms with E-state index in [4.69, 9.17) is 4.74 Å². The second-order valence-corrected chi connectivity index (χ2v) is 5.70. The predicted molar refractivity (Wildman–Crippen MR) is 96.5 cm³/mol. The van der Waals surface area contributed by atoms with Crippen LogP contribution in [0.25, 0.3) is 16.8 Å². The number of hydrogen-bond acceptors (Lipinski definition) is 5. The lowest BCUT2D eigenvalue weighted by molar-refractivity contribution is 0.409. The van der Waals surface area contributed by atoms with Crippen LogP contribution in [0.1, 0.15) is 5.56 Å². The summed E-state index contributed by atoms with van der Waals surface area (Å²) < 4.78 is 20.7. The number of anilines is 1. The Hall–Kier alpha value is -3.48. The smallest absolute Gasteiger partial charge is 0.170 e. The minimum atomic E-state index is -0.301. The average Bonchev–Trinajstić information content (AvgIpc) is 3.17. The molecule has 4 rings (SSSR count). The molecule has 26 heavy (non-hydrogen) atoms. The van der Waals surface area contributed by atoms with Crippen LogP contribution >= 0.6 is 0 Å². The molecule has 130 valence electrons. The molecule has 1 aromatic carbocycles. The number of pyridine rings is 2. The lowest BCUT2D eigenvalue weighted by Gasteiger charge is -2.13. The summed E-state index contributed by atoms with van der Waals surface area (Å²) in [6, 6.07) is 12.2. The minimum absolute atomic E-state index is 0.301. The zero-order valence-corrected chi connectivity index (χ0v) is 14.1. The van der Waals surface area contributed by atoms with E-state index in [1.165, 1.54) is 12.1 Å². The Morgan fingerprint density at radius 1 is 1.12 bits per heavy atom. The SMILES string of the molecule is COc1ccc(F)cc1CNc1ccc(-c2ccncc2)c2nncn12. The Morgan fingerprint density at radius 2 is 1.96 bits per heavy atom. The lowest BCUT2D eigenvalue weighted by Crippen LogP contribution is -2.06. The van der Waals surface area contributed by atoms with E-state index in [-0.39, 0.29) is 5.82 Å². The Bertz CT molecular complexity index is 1050. The normalized spacial score (nSPS) is 10.8. The van der Waals surface area contributed by atoms with Crippen molar-refractivity contribution >= 4 is 11.5 Å². The third kappa shape index (κ3) is 2.95. The van der Waals surface area contributed by atoms with E-state index in [0.29, 0.717) is 12.3 Å². The first-order valence-electron chi connectivity index (χ1n) is 8.05. The first kappa shape index (κ1) is 16.0. The van der Waals surface area contributed by atoms with E-state index in [1.807, 2.05) is 28.7 Å². The van der Waals surface area contributed by atoms with Crippen LogP contribution in [-0.4, -0.2) is 26.7 Å². The summed E-state index contributed by atoms with van der Waals surface area (Å²) in [6.45, 7) is 0.406. The van der Waals surface area contributed by atoms with Crippen molar-refractivity contribution in [1.29, 1.82) is 0 Å². The van der Waals surface area contributed by atoms with Gasteiger partial charge in [-0.05, 0) is 48.0 Å². The van der Waals surface area contributed by atoms with E-state index >= 15 is 0 Å². The second-order valence-electron chi connectivity index (χ2n) is 5.70. The molecular weight excluding hydrogens is 333 g/mol. The van der Waals surface area contributed by atoms with Crippen molar-refractivity contribution in [2.75, 3.05) is 12.4 Å². The minimum Gasteiger partial charge on any atom is -0.496 e. The number of nitrogens with one attached hydrogen (secondary N) is 1. The number of halogens is 1. The predicted octanol–water partition coefficient (Wildman–Crippen LogP) is 3.55. The van der Waals surface area contributed by atoms with Crippen molar-refractivity contribution in [3.8, 4) is 16.9 Å². The third-order valence-corrected chi connectivity index (χ3v) is 4.15. The van der Waals surface area contributed by atoms with Gasteiger partial charge in [0.15, 0.2) is 5.65 Å². The quantitative estimate of drug-likeness (QED) is 0.597. The summed E-state index contributed by atoms with van der Waals surface area (Å²) in [6.07, 6.45) is 5.13. The van der Waals surface area contributed by atoms with E-state index < -0.39 is 0 Å². The number of hydrogen-bond donors (Lipinski definition) is 1. The van der Waals surface area contributed by atoms with Gasteiger partial charge in [0.1, 0.15) is 23.7 Å². The molecule has 0 atom stereocenters. The van der Waals surface area contributed by atoms with E-state index in [0.717, 1.165) is 28.2 Å². The maximum absolute atomic E-state index is 13.5. The van der Waals surface area contributed by atoms with Crippen molar-refractivity contribution in [2.24, 2.45) is 0 Å². The molecule has 3 heterocycles. The third-order valence-electron chi connectivity index (χ3n) is 4.15. The maximum Gasteiger partial charge on any atom is 0.170 e. The van der Waals surface area contributed by atoms with Gasteiger partial charge in [0.25, 0.3) is 0 Å². The number of methoxy groups -OCH3 is 1. The molecule has 3 aromatic heterocycles. The number of ether oxygens (including phenoxy) is 1. The summed E-state index contributed by atoms with van der Waals surface area (Å²) >= 11 is 0. The highest BCUT2D eigenvalue weighted by Crippen LogP contribution is 2.26. The van der Waals surface area contributed by atoms with Crippen molar-refractivity contribution in [1.82, 2.24) is 19.6 Å². The fraction of sp³-hybridized carbons (Fsp3) is 0.105. The molecule has 0 spiro atoms. The van der Waals surface area contributed by atoms with Crippen LogP contribution in [0.2, 0.25) is 0 Å². The van der Waals surface area contributed by atoms with Gasteiger partial charge in [-0.1, -0.05) is 0 Å². The van der Waals surface area contributed by atoms with Gasteiger partial charge in [-0.2, -0.15) is 0 Å². The number of benzene rings is 1. The molecule has 0 aliphatic rings. The number of fused-ring (bicyclic) bond motifs is 1. The van der Waals surface area contributed by atoms with Crippen molar-refractivity contribution < 1.29 is 9.13 Å². The number of aromatic nitrogens is 4. The molecule has 0 saturated heterocycles. The summed E-state index contributed by atoms with van der Waals surface area (Å²) in [5.74, 6) is 1.13. The average molecular weight is 349 g/mol. The van der Waals surface area contributed by atoms with Gasteiger partial charge in [-0.15, -0.1) is 10.2 Å². The van der Waals surface area contributed by atoms with Crippen LogP contribution in [0.15, 0.2) is 61.2 Å². The first-order chi connectivity index (χ1) is 12.8. The van der Waals surface area contributed by atoms with Gasteiger partial charge in [-0.3, -0.25) is 9.38 Å². The maximum atomic E-state index is 13.5. The Kier molecular flexibility index (Phi) is 4.18.